The quantitative estimate of drug-likeness (QED) is 0.585. The highest BCUT2D eigenvalue weighted by Crippen LogP contribution is 2.25. The first-order valence-corrected chi connectivity index (χ1v) is 11.4. The summed E-state index contributed by atoms with van der Waals surface area (Å²) in [6, 6.07) is 8.99. The van der Waals surface area contributed by atoms with E-state index in [9.17, 15) is 14.7 Å². The van der Waals surface area contributed by atoms with Gasteiger partial charge in [-0.25, -0.2) is 0 Å². The average Bonchev–Trinajstić information content (AvgIpc) is 3.19. The molecule has 2 N–H and O–H groups in total. The Balaban J connectivity index is 1.19. The number of nitrogens with one attached hydrogen (secondary N) is 1. The Morgan fingerprint density at radius 3 is 2.59 bits per heavy atom. The lowest BCUT2D eigenvalue weighted by molar-refractivity contribution is 0.171. The second-order valence-electron chi connectivity index (χ2n) is 8.64. The van der Waals surface area contributed by atoms with Crippen molar-refractivity contribution in [3.8, 4) is 0 Å². The standard InChI is InChI=1S/C23H26ClN5O3/c24-19-9-15(11-26-20(19)14-30)10-25-17-5-7-27(8-6-17)12-18-13-28-21(31)3-1-16-2-4-22(32)29(18)23(16)28/h1-4,9,11,17-18,25,30H,5-8,10,12-14H2/t18-/m1/s1. The van der Waals surface area contributed by atoms with Gasteiger partial charge in [0, 0.05) is 49.4 Å². The Morgan fingerprint density at radius 1 is 1.12 bits per heavy atom. The van der Waals surface area contributed by atoms with E-state index in [2.05, 4.69) is 15.2 Å². The van der Waals surface area contributed by atoms with Gasteiger partial charge in [0.25, 0.3) is 11.1 Å². The lowest BCUT2D eigenvalue weighted by Gasteiger charge is -2.34. The van der Waals surface area contributed by atoms with E-state index in [0.29, 0.717) is 29.8 Å². The maximum absolute atomic E-state index is 12.6. The summed E-state index contributed by atoms with van der Waals surface area (Å²) in [5.74, 6) is 0. The van der Waals surface area contributed by atoms with E-state index in [1.165, 1.54) is 0 Å². The first-order valence-electron chi connectivity index (χ1n) is 11.0. The highest BCUT2D eigenvalue weighted by molar-refractivity contribution is 6.31. The van der Waals surface area contributed by atoms with E-state index in [1.807, 2.05) is 6.07 Å². The first-order chi connectivity index (χ1) is 15.5. The van der Waals surface area contributed by atoms with Crippen LogP contribution in [-0.4, -0.2) is 49.8 Å². The van der Waals surface area contributed by atoms with E-state index in [-0.39, 0.29) is 23.8 Å². The second kappa shape index (κ2) is 8.78. The molecule has 9 heteroatoms. The number of aliphatic hydroxyl groups excluding tert-OH is 1. The minimum absolute atomic E-state index is 0.0240. The SMILES string of the molecule is O=c1ccc2ccc(=O)n3c2n1C[C@H]3CN1CCC(NCc2cnc(CO)c(Cl)c2)CC1. The summed E-state index contributed by atoms with van der Waals surface area (Å²) in [7, 11) is 0. The molecule has 0 spiro atoms. The predicted molar refractivity (Wildman–Crippen MR) is 123 cm³/mol. The lowest BCUT2D eigenvalue weighted by Crippen LogP contribution is -2.44. The maximum Gasteiger partial charge on any atom is 0.252 e. The highest BCUT2D eigenvalue weighted by atomic mass is 35.5. The second-order valence-corrected chi connectivity index (χ2v) is 9.05. The average molecular weight is 456 g/mol. The summed E-state index contributed by atoms with van der Waals surface area (Å²) in [5.41, 5.74) is 2.14. The normalized spacial score (nSPS) is 19.1. The summed E-state index contributed by atoms with van der Waals surface area (Å²) >= 11 is 6.13. The summed E-state index contributed by atoms with van der Waals surface area (Å²) in [6.07, 6.45) is 3.76. The van der Waals surface area contributed by atoms with Crippen LogP contribution in [0.5, 0.6) is 0 Å². The van der Waals surface area contributed by atoms with E-state index in [1.54, 1.807) is 39.6 Å². The van der Waals surface area contributed by atoms with Crippen LogP contribution in [0.3, 0.4) is 0 Å². The molecule has 3 aromatic rings. The van der Waals surface area contributed by atoms with Gasteiger partial charge in [-0.05, 0) is 49.7 Å². The number of nitrogens with zero attached hydrogens (tertiary/aromatic N) is 4. The van der Waals surface area contributed by atoms with Gasteiger partial charge in [0.15, 0.2) is 0 Å². The van der Waals surface area contributed by atoms with Crippen LogP contribution in [0.15, 0.2) is 46.1 Å². The molecule has 3 aromatic heterocycles. The molecule has 1 saturated heterocycles. The van der Waals surface area contributed by atoms with Crippen LogP contribution in [-0.2, 0) is 19.7 Å². The van der Waals surface area contributed by atoms with E-state index in [0.717, 1.165) is 49.1 Å². The molecule has 5 heterocycles. The van der Waals surface area contributed by atoms with Gasteiger partial charge in [0.1, 0.15) is 5.65 Å². The molecule has 0 saturated carbocycles. The van der Waals surface area contributed by atoms with Crippen molar-refractivity contribution < 1.29 is 5.11 Å². The fourth-order valence-electron chi connectivity index (χ4n) is 4.89. The van der Waals surface area contributed by atoms with E-state index >= 15 is 0 Å². The molecule has 2 aliphatic rings. The molecule has 8 nitrogen and oxygen atoms in total. The molecule has 1 atom stereocenters. The fraction of sp³-hybridized carbons (Fsp3) is 0.435. The molecule has 0 unspecified atom stereocenters. The third-order valence-corrected chi connectivity index (χ3v) is 6.92. The Morgan fingerprint density at radius 2 is 1.88 bits per heavy atom. The molecule has 0 radical (unpaired) electrons. The van der Waals surface area contributed by atoms with Crippen molar-refractivity contribution in [2.75, 3.05) is 19.6 Å². The van der Waals surface area contributed by atoms with Crippen LogP contribution < -0.4 is 16.4 Å². The number of rotatable bonds is 6. The topological polar surface area (TPSA) is 92.4 Å². The Hall–Kier alpha value is -2.52. The fourth-order valence-corrected chi connectivity index (χ4v) is 5.14. The number of hydrogen-bond acceptors (Lipinski definition) is 6. The van der Waals surface area contributed by atoms with Gasteiger partial charge in [-0.3, -0.25) is 23.7 Å². The van der Waals surface area contributed by atoms with Gasteiger partial charge >= 0.3 is 0 Å². The van der Waals surface area contributed by atoms with Crippen molar-refractivity contribution in [1.82, 2.24) is 24.3 Å². The Labute approximate surface area is 190 Å². The number of pyridine rings is 3. The number of hydrogen-bond donors (Lipinski definition) is 2. The van der Waals surface area contributed by atoms with Crippen LogP contribution >= 0.6 is 11.6 Å². The van der Waals surface area contributed by atoms with Crippen molar-refractivity contribution in [2.45, 2.75) is 44.6 Å². The molecule has 5 rings (SSSR count). The summed E-state index contributed by atoms with van der Waals surface area (Å²) < 4.78 is 3.53. The molecule has 1 fully saturated rings. The van der Waals surface area contributed by atoms with Crippen LogP contribution in [0, 0.1) is 0 Å². The van der Waals surface area contributed by atoms with Crippen LogP contribution in [0.1, 0.15) is 30.1 Å². The molecule has 0 aromatic carbocycles. The molecule has 0 bridgehead atoms. The molecular formula is C23H26ClN5O3. The number of piperidine rings is 1. The lowest BCUT2D eigenvalue weighted by atomic mass is 10.0. The van der Waals surface area contributed by atoms with Crippen LogP contribution in [0.25, 0.3) is 11.0 Å². The van der Waals surface area contributed by atoms with Crippen molar-refractivity contribution in [1.29, 1.82) is 0 Å². The Kier molecular flexibility index (Phi) is 5.86. The number of aliphatic hydroxyl groups is 1. The summed E-state index contributed by atoms with van der Waals surface area (Å²) in [5, 5.41) is 14.2. The molecule has 32 heavy (non-hydrogen) atoms. The molecule has 0 amide bonds. The number of aromatic nitrogens is 3. The van der Waals surface area contributed by atoms with E-state index < -0.39 is 0 Å². The monoisotopic (exact) mass is 455 g/mol. The number of likely N-dealkylation sites (tertiary alicyclic amines) is 1. The van der Waals surface area contributed by atoms with Crippen molar-refractivity contribution in [3.05, 3.63) is 73.5 Å². The molecule has 2 aliphatic heterocycles. The summed E-state index contributed by atoms with van der Waals surface area (Å²) in [4.78, 5) is 31.5. The molecule has 168 valence electrons. The summed E-state index contributed by atoms with van der Waals surface area (Å²) in [6.45, 7) is 3.70. The van der Waals surface area contributed by atoms with Crippen LogP contribution in [0.4, 0.5) is 0 Å². The zero-order valence-electron chi connectivity index (χ0n) is 17.7. The van der Waals surface area contributed by atoms with Crippen LogP contribution in [0.2, 0.25) is 5.02 Å². The largest absolute Gasteiger partial charge is 0.390 e. The maximum atomic E-state index is 12.6. The Bertz CT molecular complexity index is 1260. The smallest absolute Gasteiger partial charge is 0.252 e. The highest BCUT2D eigenvalue weighted by Gasteiger charge is 2.29. The van der Waals surface area contributed by atoms with Gasteiger partial charge in [0.2, 0.25) is 0 Å². The van der Waals surface area contributed by atoms with Gasteiger partial charge in [-0.1, -0.05) is 11.6 Å². The third-order valence-electron chi connectivity index (χ3n) is 6.59. The number of halogens is 1. The molecule has 0 aliphatic carbocycles. The zero-order chi connectivity index (χ0) is 22.2. The molecular weight excluding hydrogens is 430 g/mol. The minimum Gasteiger partial charge on any atom is -0.390 e. The van der Waals surface area contributed by atoms with E-state index in [4.69, 9.17) is 11.6 Å². The van der Waals surface area contributed by atoms with Gasteiger partial charge in [-0.15, -0.1) is 0 Å². The van der Waals surface area contributed by atoms with Crippen molar-refractivity contribution >= 4 is 22.6 Å². The zero-order valence-corrected chi connectivity index (χ0v) is 18.5. The van der Waals surface area contributed by atoms with Crippen molar-refractivity contribution in [2.24, 2.45) is 0 Å². The minimum atomic E-state index is -0.160. The van der Waals surface area contributed by atoms with Crippen molar-refractivity contribution in [3.63, 3.8) is 0 Å². The van der Waals surface area contributed by atoms with Gasteiger partial charge in [0.05, 0.1) is 23.4 Å². The third kappa shape index (κ3) is 3.99. The predicted octanol–water partition coefficient (Wildman–Crippen LogP) is 1.51. The first kappa shape index (κ1) is 21.3. The van der Waals surface area contributed by atoms with Gasteiger partial charge in [-0.2, -0.15) is 0 Å². The van der Waals surface area contributed by atoms with Gasteiger partial charge < -0.3 is 15.3 Å².